The van der Waals surface area contributed by atoms with Crippen LogP contribution in [0.15, 0.2) is 59.6 Å². The number of hydrogen-bond donors (Lipinski definition) is 1. The van der Waals surface area contributed by atoms with Crippen molar-refractivity contribution >= 4 is 16.6 Å². The second-order valence-electron chi connectivity index (χ2n) is 6.36. The Balaban J connectivity index is 1.99. The van der Waals surface area contributed by atoms with Crippen LogP contribution in [0.3, 0.4) is 0 Å². The second-order valence-corrected chi connectivity index (χ2v) is 6.36. The summed E-state index contributed by atoms with van der Waals surface area (Å²) < 4.78 is 25.3. The van der Waals surface area contributed by atoms with Crippen LogP contribution in [0.2, 0.25) is 0 Å². The number of rotatable bonds is 6. The van der Waals surface area contributed by atoms with Gasteiger partial charge in [0.15, 0.2) is 0 Å². The molecule has 0 bridgehead atoms. The van der Waals surface area contributed by atoms with E-state index in [2.05, 4.69) is 22.4 Å². The van der Waals surface area contributed by atoms with Crippen LogP contribution in [-0.2, 0) is 4.74 Å². The molecule has 1 aliphatic heterocycles. The van der Waals surface area contributed by atoms with E-state index in [9.17, 15) is 4.39 Å². The number of methoxy groups -OCH3 is 1. The third-order valence-corrected chi connectivity index (χ3v) is 4.58. The van der Waals surface area contributed by atoms with Gasteiger partial charge in [0, 0.05) is 19.2 Å². The van der Waals surface area contributed by atoms with Crippen LogP contribution in [0.4, 0.5) is 4.39 Å². The van der Waals surface area contributed by atoms with Gasteiger partial charge in [-0.2, -0.15) is 0 Å². The monoisotopic (exact) mass is 364 g/mol. The maximum absolute atomic E-state index is 14.0. The summed E-state index contributed by atoms with van der Waals surface area (Å²) >= 11 is 0. The predicted octanol–water partition coefficient (Wildman–Crippen LogP) is 4.02. The van der Waals surface area contributed by atoms with Gasteiger partial charge in [0.25, 0.3) is 0 Å². The summed E-state index contributed by atoms with van der Waals surface area (Å²) in [7, 11) is 1.64. The zero-order valence-electron chi connectivity index (χ0n) is 15.2. The maximum Gasteiger partial charge on any atom is 0.138 e. The average molecular weight is 364 g/mol. The Morgan fingerprint density at radius 3 is 2.74 bits per heavy atom. The average Bonchev–Trinajstić information content (AvgIpc) is 3.22. The van der Waals surface area contributed by atoms with E-state index in [1.165, 1.54) is 6.07 Å². The SMILES string of the molecule is COCCOc1c(C2=NCCN2)cc2ccccc2c1-c1cccc(F)c1. The lowest BCUT2D eigenvalue weighted by Gasteiger charge is -2.19. The van der Waals surface area contributed by atoms with Crippen LogP contribution < -0.4 is 10.1 Å². The fourth-order valence-electron chi connectivity index (χ4n) is 3.39. The summed E-state index contributed by atoms with van der Waals surface area (Å²) in [5.41, 5.74) is 2.54. The molecular formula is C22H21FN2O2. The van der Waals surface area contributed by atoms with Crippen molar-refractivity contribution in [2.24, 2.45) is 4.99 Å². The first-order valence-electron chi connectivity index (χ1n) is 9.00. The van der Waals surface area contributed by atoms with Crippen LogP contribution in [0.25, 0.3) is 21.9 Å². The summed E-state index contributed by atoms with van der Waals surface area (Å²) in [5, 5.41) is 5.39. The quantitative estimate of drug-likeness (QED) is 0.672. The third-order valence-electron chi connectivity index (χ3n) is 4.58. The molecule has 0 atom stereocenters. The predicted molar refractivity (Wildman–Crippen MR) is 106 cm³/mol. The number of benzene rings is 3. The number of halogens is 1. The Bertz CT molecular complexity index is 1000. The molecule has 0 unspecified atom stereocenters. The van der Waals surface area contributed by atoms with Crippen LogP contribution in [0.1, 0.15) is 5.56 Å². The minimum atomic E-state index is -0.277. The fourth-order valence-corrected chi connectivity index (χ4v) is 3.39. The number of nitrogens with zero attached hydrogens (tertiary/aromatic N) is 1. The van der Waals surface area contributed by atoms with E-state index in [0.717, 1.165) is 46.4 Å². The minimum absolute atomic E-state index is 0.277. The molecule has 0 saturated heterocycles. The van der Waals surface area contributed by atoms with Gasteiger partial charge in [-0.1, -0.05) is 36.4 Å². The molecule has 0 fully saturated rings. The van der Waals surface area contributed by atoms with E-state index in [1.54, 1.807) is 19.2 Å². The Hall–Kier alpha value is -2.92. The van der Waals surface area contributed by atoms with Crippen LogP contribution in [0, 0.1) is 5.82 Å². The molecule has 138 valence electrons. The van der Waals surface area contributed by atoms with Gasteiger partial charge in [0.2, 0.25) is 0 Å². The largest absolute Gasteiger partial charge is 0.490 e. The summed E-state index contributed by atoms with van der Waals surface area (Å²) in [6.45, 7) is 2.40. The lowest BCUT2D eigenvalue weighted by atomic mass is 9.93. The highest BCUT2D eigenvalue weighted by Crippen LogP contribution is 2.40. The highest BCUT2D eigenvalue weighted by molar-refractivity contribution is 6.11. The lowest BCUT2D eigenvalue weighted by molar-refractivity contribution is 0.146. The molecular weight excluding hydrogens is 343 g/mol. The normalized spacial score (nSPS) is 13.5. The van der Waals surface area contributed by atoms with Crippen molar-refractivity contribution in [2.45, 2.75) is 0 Å². The zero-order chi connectivity index (χ0) is 18.6. The molecule has 0 aromatic heterocycles. The highest BCUT2D eigenvalue weighted by atomic mass is 19.1. The van der Waals surface area contributed by atoms with Crippen LogP contribution in [0.5, 0.6) is 5.75 Å². The first kappa shape index (κ1) is 17.5. The molecule has 5 heteroatoms. The van der Waals surface area contributed by atoms with E-state index in [4.69, 9.17) is 9.47 Å². The van der Waals surface area contributed by atoms with Gasteiger partial charge in [-0.15, -0.1) is 0 Å². The van der Waals surface area contributed by atoms with E-state index in [0.29, 0.717) is 19.0 Å². The van der Waals surface area contributed by atoms with Crippen molar-refractivity contribution in [3.63, 3.8) is 0 Å². The van der Waals surface area contributed by atoms with E-state index in [-0.39, 0.29) is 5.82 Å². The van der Waals surface area contributed by atoms with Crippen molar-refractivity contribution in [2.75, 3.05) is 33.4 Å². The van der Waals surface area contributed by atoms with Gasteiger partial charge in [0.1, 0.15) is 24.0 Å². The van der Waals surface area contributed by atoms with Gasteiger partial charge in [-0.25, -0.2) is 4.39 Å². The summed E-state index contributed by atoms with van der Waals surface area (Å²) in [6.07, 6.45) is 0. The Morgan fingerprint density at radius 2 is 1.96 bits per heavy atom. The zero-order valence-corrected chi connectivity index (χ0v) is 15.2. The molecule has 1 N–H and O–H groups in total. The Kier molecular flexibility index (Phi) is 5.03. The summed E-state index contributed by atoms with van der Waals surface area (Å²) in [4.78, 5) is 4.57. The second kappa shape index (κ2) is 7.76. The van der Waals surface area contributed by atoms with E-state index >= 15 is 0 Å². The van der Waals surface area contributed by atoms with Crippen molar-refractivity contribution in [3.05, 3.63) is 66.0 Å². The molecule has 4 rings (SSSR count). The molecule has 3 aromatic carbocycles. The molecule has 0 aliphatic carbocycles. The molecule has 1 aliphatic rings. The molecule has 4 nitrogen and oxygen atoms in total. The van der Waals surface area contributed by atoms with Gasteiger partial charge in [-0.3, -0.25) is 4.99 Å². The first-order valence-corrected chi connectivity index (χ1v) is 9.00. The minimum Gasteiger partial charge on any atom is -0.490 e. The highest BCUT2D eigenvalue weighted by Gasteiger charge is 2.21. The number of aliphatic imine (C=N–C) groups is 1. The summed E-state index contributed by atoms with van der Waals surface area (Å²) in [5.74, 6) is 1.23. The third kappa shape index (κ3) is 3.51. The Labute approximate surface area is 157 Å². The van der Waals surface area contributed by atoms with E-state index in [1.807, 2.05) is 24.3 Å². The number of amidine groups is 1. The van der Waals surface area contributed by atoms with Gasteiger partial charge in [0.05, 0.1) is 18.7 Å². The van der Waals surface area contributed by atoms with Gasteiger partial charge in [-0.05, 0) is 34.5 Å². The smallest absolute Gasteiger partial charge is 0.138 e. The topological polar surface area (TPSA) is 42.9 Å². The maximum atomic E-state index is 14.0. The van der Waals surface area contributed by atoms with Crippen molar-refractivity contribution in [1.29, 1.82) is 0 Å². The van der Waals surface area contributed by atoms with Crippen LogP contribution >= 0.6 is 0 Å². The molecule has 0 spiro atoms. The van der Waals surface area contributed by atoms with Crippen LogP contribution in [-0.4, -0.2) is 39.2 Å². The molecule has 0 saturated carbocycles. The van der Waals surface area contributed by atoms with Crippen molar-refractivity contribution in [1.82, 2.24) is 5.32 Å². The Morgan fingerprint density at radius 1 is 1.07 bits per heavy atom. The number of fused-ring (bicyclic) bond motifs is 1. The fraction of sp³-hybridized carbons (Fsp3) is 0.227. The summed E-state index contributed by atoms with van der Waals surface area (Å²) in [6, 6.07) is 16.8. The molecule has 0 amide bonds. The first-order chi connectivity index (χ1) is 13.3. The number of nitrogens with one attached hydrogen (secondary N) is 1. The molecule has 27 heavy (non-hydrogen) atoms. The van der Waals surface area contributed by atoms with E-state index < -0.39 is 0 Å². The number of ether oxygens (including phenoxy) is 2. The van der Waals surface area contributed by atoms with Gasteiger partial charge >= 0.3 is 0 Å². The molecule has 1 heterocycles. The lowest BCUT2D eigenvalue weighted by Crippen LogP contribution is -2.21. The standard InChI is InChI=1S/C22H21FN2O2/c1-26-11-12-27-21-19(22-24-9-10-25-22)14-15-5-2-3-8-18(15)20(21)16-6-4-7-17(23)13-16/h2-8,13-14H,9-12H2,1H3,(H,24,25). The number of hydrogen-bond acceptors (Lipinski definition) is 4. The van der Waals surface area contributed by atoms with Crippen molar-refractivity contribution < 1.29 is 13.9 Å². The van der Waals surface area contributed by atoms with Gasteiger partial charge < -0.3 is 14.8 Å². The van der Waals surface area contributed by atoms with Crippen molar-refractivity contribution in [3.8, 4) is 16.9 Å². The molecule has 0 radical (unpaired) electrons. The molecule has 3 aromatic rings.